The summed E-state index contributed by atoms with van der Waals surface area (Å²) in [7, 11) is 3.42. The Morgan fingerprint density at radius 3 is 2.79 bits per heavy atom. The molecule has 0 spiro atoms. The molecule has 0 amide bonds. The maximum absolute atomic E-state index is 11.3. The average Bonchev–Trinajstić information content (AvgIpc) is 2.91. The topological polar surface area (TPSA) is 42.4 Å². The number of carbonyl (C=O) groups is 1. The third-order valence-electron chi connectivity index (χ3n) is 2.71. The van der Waals surface area contributed by atoms with Crippen molar-refractivity contribution in [1.82, 2.24) is 9.88 Å². The molecule has 0 bridgehead atoms. The maximum Gasteiger partial charge on any atom is 0.339 e. The number of nitrogens with zero attached hydrogens (tertiary/aromatic N) is 2. The molecule has 2 aromatic rings. The van der Waals surface area contributed by atoms with Gasteiger partial charge in [0.15, 0.2) is 0 Å². The summed E-state index contributed by atoms with van der Waals surface area (Å²) in [6.07, 6.45) is 1.56. The number of hydrogen-bond donors (Lipinski definition) is 0. The standard InChI is InChI=1S/C14H16N2O2S/c1-16(8-11-5-6-19-10-11)9-13-4-3-12(7-15-13)14(17)18-2/h3-7,10H,8-9H2,1-2H3. The van der Waals surface area contributed by atoms with Crippen molar-refractivity contribution in [2.24, 2.45) is 0 Å². The monoisotopic (exact) mass is 276 g/mol. The Morgan fingerprint density at radius 1 is 1.37 bits per heavy atom. The summed E-state index contributed by atoms with van der Waals surface area (Å²) in [5.41, 5.74) is 2.72. The van der Waals surface area contributed by atoms with E-state index in [0.29, 0.717) is 5.56 Å². The number of rotatable bonds is 5. The highest BCUT2D eigenvalue weighted by Gasteiger charge is 2.07. The Balaban J connectivity index is 1.93. The van der Waals surface area contributed by atoms with Gasteiger partial charge in [0.2, 0.25) is 0 Å². The molecule has 5 heteroatoms. The van der Waals surface area contributed by atoms with Gasteiger partial charge in [-0.1, -0.05) is 0 Å². The van der Waals surface area contributed by atoms with Gasteiger partial charge in [0.1, 0.15) is 0 Å². The molecule has 0 atom stereocenters. The van der Waals surface area contributed by atoms with Crippen LogP contribution in [0.4, 0.5) is 0 Å². The number of carbonyl (C=O) groups excluding carboxylic acids is 1. The first-order valence-electron chi connectivity index (χ1n) is 5.92. The lowest BCUT2D eigenvalue weighted by atomic mass is 10.2. The largest absolute Gasteiger partial charge is 0.465 e. The molecule has 4 nitrogen and oxygen atoms in total. The van der Waals surface area contributed by atoms with Crippen molar-refractivity contribution < 1.29 is 9.53 Å². The van der Waals surface area contributed by atoms with Gasteiger partial charge in [-0.05, 0) is 41.6 Å². The molecule has 2 aromatic heterocycles. The molecule has 0 aliphatic rings. The Labute approximate surface area is 116 Å². The average molecular weight is 276 g/mol. The van der Waals surface area contributed by atoms with Crippen LogP contribution in [0.5, 0.6) is 0 Å². The van der Waals surface area contributed by atoms with Crippen molar-refractivity contribution in [2.45, 2.75) is 13.1 Å². The Kier molecular flexibility index (Phi) is 4.65. The first kappa shape index (κ1) is 13.7. The normalized spacial score (nSPS) is 10.7. The predicted molar refractivity (Wildman–Crippen MR) is 75.1 cm³/mol. The fraction of sp³-hybridized carbons (Fsp3) is 0.286. The maximum atomic E-state index is 11.3. The third kappa shape index (κ3) is 3.87. The molecular formula is C14H16N2O2S. The lowest BCUT2D eigenvalue weighted by Crippen LogP contribution is -2.17. The molecule has 2 heterocycles. The van der Waals surface area contributed by atoms with Gasteiger partial charge < -0.3 is 4.74 Å². The number of thiophene rings is 1. The van der Waals surface area contributed by atoms with E-state index in [9.17, 15) is 4.79 Å². The van der Waals surface area contributed by atoms with Crippen LogP contribution < -0.4 is 0 Å². The minimum absolute atomic E-state index is 0.356. The second-order valence-corrected chi connectivity index (χ2v) is 5.11. The van der Waals surface area contributed by atoms with E-state index in [0.717, 1.165) is 18.8 Å². The van der Waals surface area contributed by atoms with E-state index in [2.05, 4.69) is 31.4 Å². The molecule has 0 aliphatic carbocycles. The summed E-state index contributed by atoms with van der Waals surface area (Å²) < 4.78 is 4.64. The SMILES string of the molecule is COC(=O)c1ccc(CN(C)Cc2ccsc2)nc1. The van der Waals surface area contributed by atoms with Gasteiger partial charge in [-0.2, -0.15) is 11.3 Å². The van der Waals surface area contributed by atoms with E-state index < -0.39 is 0 Å². The van der Waals surface area contributed by atoms with Crippen LogP contribution in [0.3, 0.4) is 0 Å². The highest BCUT2D eigenvalue weighted by molar-refractivity contribution is 7.07. The summed E-state index contributed by atoms with van der Waals surface area (Å²) in [6, 6.07) is 5.72. The van der Waals surface area contributed by atoms with Gasteiger partial charge in [0.25, 0.3) is 0 Å². The van der Waals surface area contributed by atoms with Crippen LogP contribution in [0.25, 0.3) is 0 Å². The van der Waals surface area contributed by atoms with E-state index >= 15 is 0 Å². The second-order valence-electron chi connectivity index (χ2n) is 4.33. The van der Waals surface area contributed by atoms with Crippen LogP contribution in [0.15, 0.2) is 35.2 Å². The number of pyridine rings is 1. The van der Waals surface area contributed by atoms with Crippen molar-refractivity contribution in [2.75, 3.05) is 14.2 Å². The van der Waals surface area contributed by atoms with Crippen molar-refractivity contribution >= 4 is 17.3 Å². The number of hydrogen-bond acceptors (Lipinski definition) is 5. The fourth-order valence-electron chi connectivity index (χ4n) is 1.78. The first-order valence-corrected chi connectivity index (χ1v) is 6.86. The lowest BCUT2D eigenvalue weighted by Gasteiger charge is -2.15. The van der Waals surface area contributed by atoms with Gasteiger partial charge in [-0.25, -0.2) is 4.79 Å². The molecule has 0 N–H and O–H groups in total. The molecule has 0 aromatic carbocycles. The summed E-state index contributed by atoms with van der Waals surface area (Å²) in [5, 5.41) is 4.22. The lowest BCUT2D eigenvalue weighted by molar-refractivity contribution is 0.0600. The minimum atomic E-state index is -0.356. The number of esters is 1. The van der Waals surface area contributed by atoms with Crippen molar-refractivity contribution in [3.63, 3.8) is 0 Å². The summed E-state index contributed by atoms with van der Waals surface area (Å²) >= 11 is 1.70. The van der Waals surface area contributed by atoms with Gasteiger partial charge in [-0.15, -0.1) is 0 Å². The van der Waals surface area contributed by atoms with Crippen molar-refractivity contribution in [1.29, 1.82) is 0 Å². The molecule has 0 unspecified atom stereocenters. The highest BCUT2D eigenvalue weighted by atomic mass is 32.1. The molecule has 100 valence electrons. The van der Waals surface area contributed by atoms with Gasteiger partial charge >= 0.3 is 5.97 Å². The molecule has 0 fully saturated rings. The molecule has 19 heavy (non-hydrogen) atoms. The zero-order valence-corrected chi connectivity index (χ0v) is 11.8. The number of aromatic nitrogens is 1. The smallest absolute Gasteiger partial charge is 0.339 e. The van der Waals surface area contributed by atoms with Crippen molar-refractivity contribution in [3.8, 4) is 0 Å². The fourth-order valence-corrected chi connectivity index (χ4v) is 2.44. The van der Waals surface area contributed by atoms with Crippen LogP contribution in [0, 0.1) is 0 Å². The zero-order valence-electron chi connectivity index (χ0n) is 11.0. The summed E-state index contributed by atoms with van der Waals surface area (Å²) in [6.45, 7) is 1.64. The molecular weight excluding hydrogens is 260 g/mol. The van der Waals surface area contributed by atoms with Gasteiger partial charge in [-0.3, -0.25) is 9.88 Å². The summed E-state index contributed by atoms with van der Waals surface area (Å²) in [4.78, 5) is 17.7. The van der Waals surface area contributed by atoms with E-state index in [1.54, 1.807) is 23.6 Å². The van der Waals surface area contributed by atoms with Gasteiger partial charge in [0, 0.05) is 19.3 Å². The highest BCUT2D eigenvalue weighted by Crippen LogP contribution is 2.10. The first-order chi connectivity index (χ1) is 9.19. The molecule has 0 radical (unpaired) electrons. The van der Waals surface area contributed by atoms with E-state index in [1.807, 2.05) is 13.1 Å². The van der Waals surface area contributed by atoms with Crippen LogP contribution in [0.2, 0.25) is 0 Å². The van der Waals surface area contributed by atoms with Crippen LogP contribution in [0.1, 0.15) is 21.6 Å². The predicted octanol–water partition coefficient (Wildman–Crippen LogP) is 2.56. The second kappa shape index (κ2) is 6.45. The molecule has 2 rings (SSSR count). The van der Waals surface area contributed by atoms with Gasteiger partial charge in [0.05, 0.1) is 18.4 Å². The quantitative estimate of drug-likeness (QED) is 0.787. The van der Waals surface area contributed by atoms with E-state index in [4.69, 9.17) is 0 Å². The summed E-state index contributed by atoms with van der Waals surface area (Å²) in [5.74, 6) is -0.356. The molecule has 0 saturated carbocycles. The van der Waals surface area contributed by atoms with Crippen LogP contribution >= 0.6 is 11.3 Å². The Morgan fingerprint density at radius 2 is 2.21 bits per heavy atom. The van der Waals surface area contributed by atoms with E-state index in [-0.39, 0.29) is 5.97 Å². The van der Waals surface area contributed by atoms with Crippen molar-refractivity contribution in [3.05, 3.63) is 52.0 Å². The Bertz CT molecular complexity index is 523. The number of ether oxygens (including phenoxy) is 1. The van der Waals surface area contributed by atoms with Crippen LogP contribution in [-0.4, -0.2) is 30.0 Å². The minimum Gasteiger partial charge on any atom is -0.465 e. The van der Waals surface area contributed by atoms with Crippen LogP contribution in [-0.2, 0) is 17.8 Å². The molecule has 0 aliphatic heterocycles. The zero-order chi connectivity index (χ0) is 13.7. The van der Waals surface area contributed by atoms with E-state index in [1.165, 1.54) is 12.7 Å². The number of methoxy groups -OCH3 is 1. The Hall–Kier alpha value is -1.72. The molecule has 0 saturated heterocycles. The third-order valence-corrected chi connectivity index (χ3v) is 3.44.